The van der Waals surface area contributed by atoms with Gasteiger partial charge in [0.25, 0.3) is 0 Å². The second kappa shape index (κ2) is 6.57. The maximum Gasteiger partial charge on any atom is 0.340 e. The van der Waals surface area contributed by atoms with Gasteiger partial charge in [-0.3, -0.25) is 0 Å². The minimum absolute atomic E-state index is 0.158. The van der Waals surface area contributed by atoms with Crippen LogP contribution in [0.1, 0.15) is 40.7 Å². The van der Waals surface area contributed by atoms with Crippen LogP contribution in [0.5, 0.6) is 0 Å². The number of para-hydroxylation sites is 1. The molecule has 0 radical (unpaired) electrons. The number of hydrogen-bond donors (Lipinski definition) is 1. The molecule has 0 fully saturated rings. The van der Waals surface area contributed by atoms with Gasteiger partial charge in [-0.25, -0.2) is 4.79 Å². The smallest absolute Gasteiger partial charge is 0.340 e. The van der Waals surface area contributed by atoms with Crippen molar-refractivity contribution in [2.75, 3.05) is 11.9 Å². The number of hydrogen-bond acceptors (Lipinski definition) is 4. The highest BCUT2D eigenvalue weighted by atomic mass is 32.1. The van der Waals surface area contributed by atoms with Gasteiger partial charge in [0.2, 0.25) is 0 Å². The van der Waals surface area contributed by atoms with Crippen LogP contribution >= 0.6 is 11.3 Å². The Morgan fingerprint density at radius 2 is 2.10 bits per heavy atom. The van der Waals surface area contributed by atoms with E-state index >= 15 is 0 Å². The van der Waals surface area contributed by atoms with Crippen LogP contribution in [0.3, 0.4) is 0 Å². The summed E-state index contributed by atoms with van der Waals surface area (Å²) in [5, 5.41) is 5.49. The van der Waals surface area contributed by atoms with Crippen LogP contribution in [-0.2, 0) is 4.74 Å². The lowest BCUT2D eigenvalue weighted by Crippen LogP contribution is -2.12. The van der Waals surface area contributed by atoms with Gasteiger partial charge >= 0.3 is 5.97 Å². The first-order valence-corrected chi connectivity index (χ1v) is 7.58. The van der Waals surface area contributed by atoms with Crippen molar-refractivity contribution >= 4 is 23.0 Å². The summed E-state index contributed by atoms with van der Waals surface area (Å²) in [5.41, 5.74) is 2.66. The fourth-order valence-electron chi connectivity index (χ4n) is 2.12. The molecule has 1 heterocycles. The van der Waals surface area contributed by atoms with Crippen molar-refractivity contribution in [3.63, 3.8) is 0 Å². The molecule has 1 atom stereocenters. The van der Waals surface area contributed by atoms with Crippen LogP contribution in [0.25, 0.3) is 0 Å². The Hall–Kier alpha value is -1.81. The van der Waals surface area contributed by atoms with Gasteiger partial charge < -0.3 is 10.1 Å². The molecule has 0 spiro atoms. The van der Waals surface area contributed by atoms with E-state index in [0.29, 0.717) is 12.2 Å². The maximum atomic E-state index is 11.9. The van der Waals surface area contributed by atoms with E-state index in [-0.39, 0.29) is 12.0 Å². The zero-order chi connectivity index (χ0) is 14.5. The van der Waals surface area contributed by atoms with Crippen molar-refractivity contribution in [1.82, 2.24) is 0 Å². The molecule has 2 rings (SSSR count). The van der Waals surface area contributed by atoms with Gasteiger partial charge in [-0.1, -0.05) is 12.1 Å². The number of aryl methyl sites for hydroxylation is 1. The number of carbonyl (C=O) groups is 1. The first-order chi connectivity index (χ1) is 9.63. The predicted molar refractivity (Wildman–Crippen MR) is 83.5 cm³/mol. The van der Waals surface area contributed by atoms with E-state index in [1.54, 1.807) is 17.4 Å². The highest BCUT2D eigenvalue weighted by Crippen LogP contribution is 2.28. The molecule has 2 aromatic rings. The van der Waals surface area contributed by atoms with Crippen LogP contribution in [-0.4, -0.2) is 12.6 Å². The van der Waals surface area contributed by atoms with Gasteiger partial charge in [0.1, 0.15) is 0 Å². The molecule has 1 unspecified atom stereocenters. The molecule has 3 nitrogen and oxygen atoms in total. The van der Waals surface area contributed by atoms with Gasteiger partial charge in [0.05, 0.1) is 18.2 Å². The van der Waals surface area contributed by atoms with E-state index in [1.807, 2.05) is 25.1 Å². The van der Waals surface area contributed by atoms with Crippen molar-refractivity contribution in [3.05, 3.63) is 51.7 Å². The molecule has 0 saturated heterocycles. The number of anilines is 1. The Morgan fingerprint density at radius 3 is 2.75 bits per heavy atom. The van der Waals surface area contributed by atoms with E-state index in [4.69, 9.17) is 4.74 Å². The minimum Gasteiger partial charge on any atom is -0.462 e. The van der Waals surface area contributed by atoms with Gasteiger partial charge in [-0.15, -0.1) is 11.3 Å². The molecule has 4 heteroatoms. The second-order valence-electron chi connectivity index (χ2n) is 4.60. The van der Waals surface area contributed by atoms with Gasteiger partial charge in [-0.05, 0) is 49.9 Å². The summed E-state index contributed by atoms with van der Waals surface area (Å²) in [7, 11) is 0. The lowest BCUT2D eigenvalue weighted by molar-refractivity contribution is 0.0527. The Labute approximate surface area is 123 Å². The quantitative estimate of drug-likeness (QED) is 0.829. The fourth-order valence-corrected chi connectivity index (χ4v) is 3.06. The van der Waals surface area contributed by atoms with Crippen molar-refractivity contribution in [2.24, 2.45) is 0 Å². The molecule has 0 aliphatic carbocycles. The number of benzene rings is 1. The van der Waals surface area contributed by atoms with Crippen LogP contribution < -0.4 is 5.32 Å². The largest absolute Gasteiger partial charge is 0.462 e. The fraction of sp³-hybridized carbons (Fsp3) is 0.312. The van der Waals surface area contributed by atoms with Crippen LogP contribution in [0.2, 0.25) is 0 Å². The Bertz CT molecular complexity index is 592. The summed E-state index contributed by atoms with van der Waals surface area (Å²) in [6, 6.07) is 9.72. The van der Waals surface area contributed by atoms with E-state index < -0.39 is 0 Å². The Kier molecular flexibility index (Phi) is 4.79. The lowest BCUT2D eigenvalue weighted by Gasteiger charge is -2.17. The predicted octanol–water partition coefficient (Wildman–Crippen LogP) is 4.41. The molecule has 106 valence electrons. The highest BCUT2D eigenvalue weighted by Gasteiger charge is 2.15. The molecule has 1 N–H and O–H groups in total. The zero-order valence-electron chi connectivity index (χ0n) is 12.0. The maximum absolute atomic E-state index is 11.9. The molecule has 20 heavy (non-hydrogen) atoms. The molecular weight excluding hydrogens is 270 g/mol. The van der Waals surface area contributed by atoms with Crippen LogP contribution in [0.15, 0.2) is 35.7 Å². The number of carbonyl (C=O) groups excluding carboxylic acids is 1. The summed E-state index contributed by atoms with van der Waals surface area (Å²) in [6.45, 7) is 6.39. The SMILES string of the molecule is CCOC(=O)c1ccccc1NC(C)c1sccc1C. The lowest BCUT2D eigenvalue weighted by atomic mass is 10.1. The molecule has 0 bridgehead atoms. The Morgan fingerprint density at radius 1 is 1.35 bits per heavy atom. The molecule has 1 aromatic heterocycles. The molecule has 0 amide bonds. The summed E-state index contributed by atoms with van der Waals surface area (Å²) >= 11 is 1.72. The van der Waals surface area contributed by atoms with E-state index in [2.05, 4.69) is 30.6 Å². The van der Waals surface area contributed by atoms with E-state index in [1.165, 1.54) is 10.4 Å². The summed E-state index contributed by atoms with van der Waals surface area (Å²) in [5.74, 6) is -0.286. The van der Waals surface area contributed by atoms with E-state index in [0.717, 1.165) is 5.69 Å². The first kappa shape index (κ1) is 14.6. The summed E-state index contributed by atoms with van der Waals surface area (Å²) in [6.07, 6.45) is 0. The number of ether oxygens (including phenoxy) is 1. The third kappa shape index (κ3) is 3.20. The van der Waals surface area contributed by atoms with Gasteiger partial charge in [0, 0.05) is 10.6 Å². The number of thiophene rings is 1. The topological polar surface area (TPSA) is 38.3 Å². The van der Waals surface area contributed by atoms with Crippen molar-refractivity contribution in [2.45, 2.75) is 26.8 Å². The monoisotopic (exact) mass is 289 g/mol. The third-order valence-electron chi connectivity index (χ3n) is 3.09. The zero-order valence-corrected chi connectivity index (χ0v) is 12.8. The van der Waals surface area contributed by atoms with Crippen molar-refractivity contribution in [3.8, 4) is 0 Å². The molecule has 0 aliphatic heterocycles. The van der Waals surface area contributed by atoms with Gasteiger partial charge in [-0.2, -0.15) is 0 Å². The first-order valence-electron chi connectivity index (χ1n) is 6.70. The molecular formula is C16H19NO2S. The molecule has 0 saturated carbocycles. The van der Waals surface area contributed by atoms with Crippen LogP contribution in [0, 0.1) is 6.92 Å². The summed E-state index contributed by atoms with van der Waals surface area (Å²) < 4.78 is 5.09. The number of rotatable bonds is 5. The average Bonchev–Trinajstić information content (AvgIpc) is 2.86. The summed E-state index contributed by atoms with van der Waals surface area (Å²) in [4.78, 5) is 13.2. The van der Waals surface area contributed by atoms with Gasteiger partial charge in [0.15, 0.2) is 0 Å². The Balaban J connectivity index is 2.21. The second-order valence-corrected chi connectivity index (χ2v) is 5.55. The highest BCUT2D eigenvalue weighted by molar-refractivity contribution is 7.10. The average molecular weight is 289 g/mol. The van der Waals surface area contributed by atoms with Crippen molar-refractivity contribution in [1.29, 1.82) is 0 Å². The number of nitrogens with one attached hydrogen (secondary N) is 1. The third-order valence-corrected chi connectivity index (χ3v) is 4.29. The molecule has 0 aliphatic rings. The molecule has 1 aromatic carbocycles. The normalized spacial score (nSPS) is 11.9. The van der Waals surface area contributed by atoms with E-state index in [9.17, 15) is 4.79 Å². The number of esters is 1. The van der Waals surface area contributed by atoms with Crippen LogP contribution in [0.4, 0.5) is 5.69 Å². The van der Waals surface area contributed by atoms with Crippen molar-refractivity contribution < 1.29 is 9.53 Å². The standard InChI is InChI=1S/C16H19NO2S/c1-4-19-16(18)13-7-5-6-8-14(13)17-12(3)15-11(2)9-10-20-15/h5-10,12,17H,4H2,1-3H3. The minimum atomic E-state index is -0.286.